The fourth-order valence-corrected chi connectivity index (χ4v) is 1.73. The van der Waals surface area contributed by atoms with Crippen LogP contribution in [0.25, 0.3) is 0 Å². The van der Waals surface area contributed by atoms with Crippen LogP contribution in [0.5, 0.6) is 5.75 Å². The van der Waals surface area contributed by atoms with Gasteiger partial charge < -0.3 is 14.8 Å². The summed E-state index contributed by atoms with van der Waals surface area (Å²) in [4.78, 5) is 11.9. The molecule has 0 spiro atoms. The Labute approximate surface area is 118 Å². The first-order valence-corrected chi connectivity index (χ1v) is 6.31. The molecule has 4 heteroatoms. The molecule has 4 nitrogen and oxygen atoms in total. The number of ether oxygens (including phenoxy) is 2. The molecule has 0 bridgehead atoms. The number of esters is 1. The monoisotopic (exact) mass is 271 g/mol. The summed E-state index contributed by atoms with van der Waals surface area (Å²) in [5.74, 6) is 0.450. The molecule has 0 amide bonds. The van der Waals surface area contributed by atoms with Crippen molar-refractivity contribution in [3.05, 3.63) is 59.7 Å². The normalized spacial score (nSPS) is 9.90. The van der Waals surface area contributed by atoms with Gasteiger partial charge in [-0.1, -0.05) is 12.1 Å². The van der Waals surface area contributed by atoms with E-state index in [-0.39, 0.29) is 12.6 Å². The molecule has 2 aromatic carbocycles. The molecule has 20 heavy (non-hydrogen) atoms. The number of carbonyl (C=O) groups excluding carboxylic acids is 1. The highest BCUT2D eigenvalue weighted by molar-refractivity contribution is 5.89. The maximum Gasteiger partial charge on any atom is 0.338 e. The molecule has 2 rings (SSSR count). The number of anilines is 1. The molecule has 0 fully saturated rings. The van der Waals surface area contributed by atoms with E-state index in [2.05, 4.69) is 5.32 Å². The van der Waals surface area contributed by atoms with E-state index >= 15 is 0 Å². The van der Waals surface area contributed by atoms with Crippen molar-refractivity contribution < 1.29 is 14.3 Å². The summed E-state index contributed by atoms with van der Waals surface area (Å²) in [7, 11) is 3.45. The van der Waals surface area contributed by atoms with Gasteiger partial charge in [-0.15, -0.1) is 0 Å². The number of hydrogen-bond acceptors (Lipinski definition) is 4. The maximum absolute atomic E-state index is 11.9. The van der Waals surface area contributed by atoms with E-state index in [9.17, 15) is 4.79 Å². The average Bonchev–Trinajstić information content (AvgIpc) is 2.53. The second-order valence-corrected chi connectivity index (χ2v) is 4.25. The number of methoxy groups -OCH3 is 1. The lowest BCUT2D eigenvalue weighted by Gasteiger charge is -2.06. The summed E-state index contributed by atoms with van der Waals surface area (Å²) in [6.07, 6.45) is 0. The molecule has 104 valence electrons. The van der Waals surface area contributed by atoms with Crippen LogP contribution in [-0.4, -0.2) is 20.1 Å². The number of benzene rings is 2. The molecule has 0 saturated carbocycles. The Morgan fingerprint density at radius 3 is 2.25 bits per heavy atom. The lowest BCUT2D eigenvalue weighted by Crippen LogP contribution is -2.05. The quantitative estimate of drug-likeness (QED) is 0.849. The molecule has 0 aliphatic carbocycles. The van der Waals surface area contributed by atoms with Crippen molar-refractivity contribution in [1.29, 1.82) is 0 Å². The van der Waals surface area contributed by atoms with Crippen LogP contribution >= 0.6 is 0 Å². The molecular formula is C16H17NO3. The van der Waals surface area contributed by atoms with Gasteiger partial charge >= 0.3 is 5.97 Å². The number of nitrogens with one attached hydrogen (secondary N) is 1. The Morgan fingerprint density at radius 2 is 1.70 bits per heavy atom. The molecule has 2 aromatic rings. The van der Waals surface area contributed by atoms with Gasteiger partial charge in [0, 0.05) is 12.7 Å². The van der Waals surface area contributed by atoms with Crippen LogP contribution in [-0.2, 0) is 11.3 Å². The Balaban J connectivity index is 1.93. The van der Waals surface area contributed by atoms with E-state index < -0.39 is 0 Å². The summed E-state index contributed by atoms with van der Waals surface area (Å²) in [5, 5.41) is 3.00. The largest absolute Gasteiger partial charge is 0.497 e. The van der Waals surface area contributed by atoms with Crippen LogP contribution in [0.4, 0.5) is 5.69 Å². The fraction of sp³-hybridized carbons (Fsp3) is 0.188. The second kappa shape index (κ2) is 6.61. The zero-order valence-corrected chi connectivity index (χ0v) is 11.6. The van der Waals surface area contributed by atoms with E-state index in [1.165, 1.54) is 0 Å². The first kappa shape index (κ1) is 13.9. The molecule has 0 saturated heterocycles. The second-order valence-electron chi connectivity index (χ2n) is 4.25. The maximum atomic E-state index is 11.9. The van der Waals surface area contributed by atoms with Gasteiger partial charge in [-0.25, -0.2) is 4.79 Å². The van der Waals surface area contributed by atoms with Gasteiger partial charge in [-0.2, -0.15) is 0 Å². The molecular weight excluding hydrogens is 254 g/mol. The van der Waals surface area contributed by atoms with Crippen LogP contribution in [0, 0.1) is 0 Å². The summed E-state index contributed by atoms with van der Waals surface area (Å²) in [6, 6.07) is 14.6. The Morgan fingerprint density at radius 1 is 1.05 bits per heavy atom. The minimum atomic E-state index is -0.330. The van der Waals surface area contributed by atoms with Crippen LogP contribution < -0.4 is 10.1 Å². The third-order valence-electron chi connectivity index (χ3n) is 2.94. The molecule has 0 aliphatic heterocycles. The highest BCUT2D eigenvalue weighted by atomic mass is 16.5. The molecule has 1 N–H and O–H groups in total. The highest BCUT2D eigenvalue weighted by Gasteiger charge is 2.07. The van der Waals surface area contributed by atoms with Crippen LogP contribution in [0.15, 0.2) is 48.5 Å². The highest BCUT2D eigenvalue weighted by Crippen LogP contribution is 2.14. The van der Waals surface area contributed by atoms with Crippen LogP contribution in [0.3, 0.4) is 0 Å². The Bertz CT molecular complexity index is 561. The predicted molar refractivity (Wildman–Crippen MR) is 78.1 cm³/mol. The van der Waals surface area contributed by atoms with Crippen LogP contribution in [0.1, 0.15) is 15.9 Å². The topological polar surface area (TPSA) is 47.6 Å². The molecule has 0 aliphatic rings. The average molecular weight is 271 g/mol. The zero-order chi connectivity index (χ0) is 14.4. The summed E-state index contributed by atoms with van der Waals surface area (Å²) in [5.41, 5.74) is 2.42. The van der Waals surface area contributed by atoms with E-state index in [1.54, 1.807) is 19.2 Å². The summed E-state index contributed by atoms with van der Waals surface area (Å²) < 4.78 is 10.3. The summed E-state index contributed by atoms with van der Waals surface area (Å²) >= 11 is 0. The minimum absolute atomic E-state index is 0.247. The van der Waals surface area contributed by atoms with Crippen molar-refractivity contribution >= 4 is 11.7 Å². The van der Waals surface area contributed by atoms with E-state index in [0.29, 0.717) is 5.56 Å². The first-order valence-electron chi connectivity index (χ1n) is 6.31. The smallest absolute Gasteiger partial charge is 0.338 e. The third-order valence-corrected chi connectivity index (χ3v) is 2.94. The molecule has 0 atom stereocenters. The number of carbonyl (C=O) groups is 1. The molecule has 0 radical (unpaired) electrons. The van der Waals surface area contributed by atoms with Crippen LogP contribution in [0.2, 0.25) is 0 Å². The van der Waals surface area contributed by atoms with E-state index in [4.69, 9.17) is 9.47 Å². The molecule has 0 unspecified atom stereocenters. The van der Waals surface area contributed by atoms with Gasteiger partial charge in [-0.05, 0) is 42.0 Å². The minimum Gasteiger partial charge on any atom is -0.497 e. The van der Waals surface area contributed by atoms with Crippen molar-refractivity contribution in [3.8, 4) is 5.75 Å². The van der Waals surface area contributed by atoms with Gasteiger partial charge in [0.15, 0.2) is 0 Å². The molecule has 0 aromatic heterocycles. The van der Waals surface area contributed by atoms with Gasteiger partial charge in [-0.3, -0.25) is 0 Å². The van der Waals surface area contributed by atoms with Crippen molar-refractivity contribution in [1.82, 2.24) is 0 Å². The lowest BCUT2D eigenvalue weighted by molar-refractivity contribution is 0.0473. The fourth-order valence-electron chi connectivity index (χ4n) is 1.73. The number of hydrogen-bond donors (Lipinski definition) is 1. The van der Waals surface area contributed by atoms with Crippen molar-refractivity contribution in [2.45, 2.75) is 6.61 Å². The van der Waals surface area contributed by atoms with Crippen molar-refractivity contribution in [3.63, 3.8) is 0 Å². The standard InChI is InChI=1S/C16H17NO3/c1-17-14-7-5-13(6-8-14)16(18)20-11-12-3-9-15(19-2)10-4-12/h3-10,17H,11H2,1-2H3. The first-order chi connectivity index (χ1) is 9.72. The van der Waals surface area contributed by atoms with Crippen molar-refractivity contribution in [2.24, 2.45) is 0 Å². The lowest BCUT2D eigenvalue weighted by atomic mass is 10.2. The molecule has 0 heterocycles. The third kappa shape index (κ3) is 3.51. The zero-order valence-electron chi connectivity index (χ0n) is 11.6. The van der Waals surface area contributed by atoms with Gasteiger partial charge in [0.1, 0.15) is 12.4 Å². The van der Waals surface area contributed by atoms with Crippen molar-refractivity contribution in [2.75, 3.05) is 19.5 Å². The number of rotatable bonds is 5. The Kier molecular flexibility index (Phi) is 4.60. The SMILES string of the molecule is CNc1ccc(C(=O)OCc2ccc(OC)cc2)cc1. The van der Waals surface area contributed by atoms with Gasteiger partial charge in [0.25, 0.3) is 0 Å². The summed E-state index contributed by atoms with van der Waals surface area (Å²) in [6.45, 7) is 0.247. The Hall–Kier alpha value is -2.49. The predicted octanol–water partition coefficient (Wildman–Crippen LogP) is 3.09. The van der Waals surface area contributed by atoms with E-state index in [0.717, 1.165) is 17.0 Å². The van der Waals surface area contributed by atoms with Gasteiger partial charge in [0.05, 0.1) is 12.7 Å². The van der Waals surface area contributed by atoms with E-state index in [1.807, 2.05) is 43.4 Å². The van der Waals surface area contributed by atoms with Gasteiger partial charge in [0.2, 0.25) is 0 Å².